The maximum Gasteiger partial charge on any atom is 0.411 e. The number of alkyl halides is 3. The zero-order valence-electron chi connectivity index (χ0n) is 10.0. The van der Waals surface area contributed by atoms with Gasteiger partial charge in [0.1, 0.15) is 0 Å². The van der Waals surface area contributed by atoms with Gasteiger partial charge in [0.25, 0.3) is 0 Å². The number of thiophene rings is 1. The minimum absolute atomic E-state index is 0.0251. The quantitative estimate of drug-likeness (QED) is 0.876. The predicted octanol–water partition coefficient (Wildman–Crippen LogP) is 3.23. The minimum atomic E-state index is -4.30. The minimum Gasteiger partial charge on any atom is -0.354 e. The second kappa shape index (κ2) is 4.22. The van der Waals surface area contributed by atoms with Crippen LogP contribution in [-0.4, -0.2) is 27.5 Å². The van der Waals surface area contributed by atoms with Crippen molar-refractivity contribution in [2.75, 3.05) is 11.9 Å². The average Bonchev–Trinajstić information content (AvgIpc) is 2.91. The lowest BCUT2D eigenvalue weighted by molar-refractivity contribution is -0.171. The summed E-state index contributed by atoms with van der Waals surface area (Å²) in [5.41, 5.74) is 0.969. The molecule has 0 saturated carbocycles. The second-order valence-corrected chi connectivity index (χ2v) is 5.33. The molecule has 2 aromatic heterocycles. The van der Waals surface area contributed by atoms with E-state index in [-0.39, 0.29) is 18.9 Å². The van der Waals surface area contributed by atoms with Gasteiger partial charge in [-0.1, -0.05) is 0 Å². The van der Waals surface area contributed by atoms with Gasteiger partial charge in [0.2, 0.25) is 5.95 Å². The Labute approximate surface area is 111 Å². The molecule has 19 heavy (non-hydrogen) atoms. The highest BCUT2D eigenvalue weighted by Crippen LogP contribution is 2.38. The van der Waals surface area contributed by atoms with Crippen molar-refractivity contribution in [3.05, 3.63) is 17.0 Å². The molecule has 4 nitrogen and oxygen atoms in total. The molecule has 2 aromatic rings. The molecule has 1 aliphatic rings. The van der Waals surface area contributed by atoms with Crippen molar-refractivity contribution in [2.24, 2.45) is 0 Å². The first-order valence-electron chi connectivity index (χ1n) is 5.78. The molecule has 8 heteroatoms. The molecule has 102 valence electrons. The third-order valence-electron chi connectivity index (χ3n) is 3.07. The van der Waals surface area contributed by atoms with Gasteiger partial charge in [-0.15, -0.1) is 16.4 Å². The number of nitrogens with one attached hydrogen (secondary N) is 1. The zero-order chi connectivity index (χ0) is 13.6. The van der Waals surface area contributed by atoms with Crippen molar-refractivity contribution < 1.29 is 13.2 Å². The van der Waals surface area contributed by atoms with Crippen LogP contribution in [0.25, 0.3) is 10.7 Å². The number of anilines is 1. The summed E-state index contributed by atoms with van der Waals surface area (Å²) in [6.07, 6.45) is -4.32. The standard InChI is InChI=1S/C11H11F3N4S/c1-6-3-5-19-8(6)9-16-10-15-4-2-7(11(12,13)14)18(10)17-9/h3,5,7H,2,4H2,1H3,(H,15,16,17). The number of nitrogens with zero attached hydrogens (tertiary/aromatic N) is 3. The first-order valence-corrected chi connectivity index (χ1v) is 6.66. The number of fused-ring (bicyclic) bond motifs is 1. The van der Waals surface area contributed by atoms with Crippen molar-refractivity contribution in [2.45, 2.75) is 25.6 Å². The topological polar surface area (TPSA) is 42.7 Å². The van der Waals surface area contributed by atoms with Crippen molar-refractivity contribution in [1.29, 1.82) is 0 Å². The Morgan fingerprint density at radius 1 is 1.47 bits per heavy atom. The summed E-state index contributed by atoms with van der Waals surface area (Å²) < 4.78 is 39.8. The van der Waals surface area contributed by atoms with Crippen LogP contribution in [0.5, 0.6) is 0 Å². The summed E-state index contributed by atoms with van der Waals surface area (Å²) in [6, 6.07) is 0.305. The molecule has 0 aromatic carbocycles. The van der Waals surface area contributed by atoms with Gasteiger partial charge in [-0.25, -0.2) is 4.68 Å². The first-order chi connectivity index (χ1) is 8.97. The fraction of sp³-hybridized carbons (Fsp3) is 0.455. The maximum absolute atomic E-state index is 12.9. The number of hydrogen-bond donors (Lipinski definition) is 1. The second-order valence-electron chi connectivity index (χ2n) is 4.41. The Morgan fingerprint density at radius 3 is 2.89 bits per heavy atom. The fourth-order valence-corrected chi connectivity index (χ4v) is 2.96. The number of halogens is 3. The van der Waals surface area contributed by atoms with E-state index >= 15 is 0 Å². The van der Waals surface area contributed by atoms with Crippen LogP contribution >= 0.6 is 11.3 Å². The fourth-order valence-electron chi connectivity index (χ4n) is 2.10. The van der Waals surface area contributed by atoms with E-state index < -0.39 is 12.2 Å². The third kappa shape index (κ3) is 2.09. The van der Waals surface area contributed by atoms with Gasteiger partial charge in [-0.2, -0.15) is 18.2 Å². The van der Waals surface area contributed by atoms with Crippen LogP contribution in [0.2, 0.25) is 0 Å². The number of rotatable bonds is 1. The van der Waals surface area contributed by atoms with Gasteiger partial charge in [-0.05, 0) is 30.4 Å². The van der Waals surface area contributed by atoms with Crippen LogP contribution in [0.1, 0.15) is 18.0 Å². The summed E-state index contributed by atoms with van der Waals surface area (Å²) >= 11 is 1.43. The van der Waals surface area contributed by atoms with E-state index in [1.54, 1.807) is 0 Å². The summed E-state index contributed by atoms with van der Waals surface area (Å²) in [5, 5.41) is 8.77. The van der Waals surface area contributed by atoms with Gasteiger partial charge in [0, 0.05) is 6.54 Å². The molecule has 3 rings (SSSR count). The van der Waals surface area contributed by atoms with Crippen LogP contribution in [0.4, 0.5) is 19.1 Å². The summed E-state index contributed by atoms with van der Waals surface area (Å²) in [4.78, 5) is 4.98. The molecule has 0 radical (unpaired) electrons. The van der Waals surface area contributed by atoms with Crippen LogP contribution < -0.4 is 5.32 Å². The highest BCUT2D eigenvalue weighted by molar-refractivity contribution is 7.13. The largest absolute Gasteiger partial charge is 0.411 e. The molecular weight excluding hydrogens is 277 g/mol. The van der Waals surface area contributed by atoms with Gasteiger partial charge in [-0.3, -0.25) is 0 Å². The number of aromatic nitrogens is 3. The molecular formula is C11H11F3N4S. The first kappa shape index (κ1) is 12.5. The SMILES string of the molecule is Cc1ccsc1-c1nc2n(n1)C(C(F)(F)F)CCN2. The van der Waals surface area contributed by atoms with Gasteiger partial charge in [0.05, 0.1) is 4.88 Å². The van der Waals surface area contributed by atoms with Crippen molar-refractivity contribution >= 4 is 17.3 Å². The molecule has 3 heterocycles. The van der Waals surface area contributed by atoms with Gasteiger partial charge in [0.15, 0.2) is 11.9 Å². The van der Waals surface area contributed by atoms with Crippen LogP contribution in [-0.2, 0) is 0 Å². The Hall–Kier alpha value is -1.57. The van der Waals surface area contributed by atoms with Crippen LogP contribution in [0, 0.1) is 6.92 Å². The van der Waals surface area contributed by atoms with Gasteiger partial charge >= 0.3 is 6.18 Å². The van der Waals surface area contributed by atoms with E-state index in [1.807, 2.05) is 18.4 Å². The van der Waals surface area contributed by atoms with E-state index in [0.29, 0.717) is 5.82 Å². The molecule has 1 atom stereocenters. The smallest absolute Gasteiger partial charge is 0.354 e. The molecule has 1 unspecified atom stereocenters. The lowest BCUT2D eigenvalue weighted by atomic mass is 10.2. The number of aryl methyl sites for hydroxylation is 1. The van der Waals surface area contributed by atoms with E-state index in [4.69, 9.17) is 0 Å². The zero-order valence-corrected chi connectivity index (χ0v) is 10.8. The van der Waals surface area contributed by atoms with Crippen LogP contribution in [0.15, 0.2) is 11.4 Å². The third-order valence-corrected chi connectivity index (χ3v) is 4.08. The van der Waals surface area contributed by atoms with E-state index in [0.717, 1.165) is 15.1 Å². The Balaban J connectivity index is 2.05. The predicted molar refractivity (Wildman–Crippen MR) is 66.3 cm³/mol. The van der Waals surface area contributed by atoms with E-state index in [2.05, 4.69) is 15.4 Å². The molecule has 0 aliphatic carbocycles. The average molecular weight is 288 g/mol. The molecule has 0 bridgehead atoms. The van der Waals surface area contributed by atoms with Crippen molar-refractivity contribution in [3.63, 3.8) is 0 Å². The molecule has 1 aliphatic heterocycles. The summed E-state index contributed by atoms with van der Waals surface area (Å²) in [6.45, 7) is 2.15. The Kier molecular flexibility index (Phi) is 2.77. The summed E-state index contributed by atoms with van der Waals surface area (Å²) in [5.74, 6) is 0.544. The van der Waals surface area contributed by atoms with Gasteiger partial charge < -0.3 is 5.32 Å². The molecule has 0 fully saturated rings. The maximum atomic E-state index is 12.9. The van der Waals surface area contributed by atoms with Crippen LogP contribution in [0.3, 0.4) is 0 Å². The molecule has 0 saturated heterocycles. The summed E-state index contributed by atoms with van der Waals surface area (Å²) in [7, 11) is 0. The highest BCUT2D eigenvalue weighted by atomic mass is 32.1. The lowest BCUT2D eigenvalue weighted by Crippen LogP contribution is -2.34. The lowest BCUT2D eigenvalue weighted by Gasteiger charge is -2.25. The molecule has 0 spiro atoms. The molecule has 0 amide bonds. The van der Waals surface area contributed by atoms with E-state index in [1.165, 1.54) is 11.3 Å². The Morgan fingerprint density at radius 2 is 2.26 bits per heavy atom. The van der Waals surface area contributed by atoms with Crippen molar-refractivity contribution in [1.82, 2.24) is 14.8 Å². The normalized spacial score (nSPS) is 19.1. The molecule has 1 N–H and O–H groups in total. The van der Waals surface area contributed by atoms with E-state index in [9.17, 15) is 13.2 Å². The highest BCUT2D eigenvalue weighted by Gasteiger charge is 2.44. The van der Waals surface area contributed by atoms with Crippen molar-refractivity contribution in [3.8, 4) is 10.7 Å². The monoisotopic (exact) mass is 288 g/mol. The number of hydrogen-bond acceptors (Lipinski definition) is 4. The Bertz CT molecular complexity index is 601.